The predicted octanol–water partition coefficient (Wildman–Crippen LogP) is 4.96. The molecule has 29 heavy (non-hydrogen) atoms. The zero-order chi connectivity index (χ0) is 20.2. The van der Waals surface area contributed by atoms with Crippen LogP contribution in [0.5, 0.6) is 0 Å². The van der Waals surface area contributed by atoms with E-state index in [-0.39, 0.29) is 5.95 Å². The van der Waals surface area contributed by atoms with Gasteiger partial charge in [0.25, 0.3) is 0 Å². The molecule has 0 saturated carbocycles. The van der Waals surface area contributed by atoms with E-state index in [4.69, 9.17) is 17.3 Å². The lowest BCUT2D eigenvalue weighted by Gasteiger charge is -2.10. The van der Waals surface area contributed by atoms with Crippen molar-refractivity contribution in [1.82, 2.24) is 19.9 Å². The fraction of sp³-hybridized carbons (Fsp3) is 0.0476. The van der Waals surface area contributed by atoms with Crippen LogP contribution in [0.4, 0.5) is 29.1 Å². The summed E-state index contributed by atoms with van der Waals surface area (Å²) < 4.78 is 0. The van der Waals surface area contributed by atoms with Gasteiger partial charge in [-0.1, -0.05) is 29.8 Å². The average Bonchev–Trinajstić information content (AvgIpc) is 2.71. The van der Waals surface area contributed by atoms with Gasteiger partial charge in [0, 0.05) is 34.4 Å². The fourth-order valence-corrected chi connectivity index (χ4v) is 2.98. The third-order valence-electron chi connectivity index (χ3n) is 4.16. The molecule has 8 heteroatoms. The standard InChI is InChI=1S/C21H18ClN7/c1-13-12-25-20(23)29-19(13)14-5-7-16(8-6-14)26-18-9-10-24-21(28-18)27-17-4-2-3-15(22)11-17/h2-12H,1H3,(H2,23,25,29)(H2,24,26,27,28). The van der Waals surface area contributed by atoms with E-state index in [9.17, 15) is 0 Å². The number of hydrogen-bond acceptors (Lipinski definition) is 7. The molecule has 0 aliphatic heterocycles. The lowest BCUT2D eigenvalue weighted by Crippen LogP contribution is -2.00. The van der Waals surface area contributed by atoms with Gasteiger partial charge in [-0.3, -0.25) is 0 Å². The highest BCUT2D eigenvalue weighted by Gasteiger charge is 2.06. The highest BCUT2D eigenvalue weighted by atomic mass is 35.5. The van der Waals surface area contributed by atoms with Gasteiger partial charge in [0.05, 0.1) is 5.69 Å². The van der Waals surface area contributed by atoms with Gasteiger partial charge in [-0.05, 0) is 48.9 Å². The molecular weight excluding hydrogens is 386 g/mol. The van der Waals surface area contributed by atoms with Crippen LogP contribution in [0.1, 0.15) is 5.56 Å². The molecule has 0 spiro atoms. The van der Waals surface area contributed by atoms with Gasteiger partial charge < -0.3 is 16.4 Å². The van der Waals surface area contributed by atoms with Gasteiger partial charge in [0.2, 0.25) is 11.9 Å². The number of anilines is 5. The van der Waals surface area contributed by atoms with Crippen molar-refractivity contribution >= 4 is 40.7 Å². The number of aryl methyl sites for hydroxylation is 1. The molecule has 7 nitrogen and oxygen atoms in total. The molecule has 0 aliphatic carbocycles. The van der Waals surface area contributed by atoms with Crippen molar-refractivity contribution in [3.8, 4) is 11.3 Å². The Hall–Kier alpha value is -3.71. The van der Waals surface area contributed by atoms with E-state index in [1.165, 1.54) is 0 Å². The van der Waals surface area contributed by atoms with Crippen LogP contribution in [0.25, 0.3) is 11.3 Å². The Morgan fingerprint density at radius 3 is 2.52 bits per heavy atom. The number of hydrogen-bond donors (Lipinski definition) is 3. The molecule has 4 N–H and O–H groups in total. The Kier molecular flexibility index (Phi) is 5.22. The molecule has 0 radical (unpaired) electrons. The van der Waals surface area contributed by atoms with Crippen LogP contribution in [0.15, 0.2) is 67.0 Å². The predicted molar refractivity (Wildman–Crippen MR) is 117 cm³/mol. The molecule has 0 amide bonds. The van der Waals surface area contributed by atoms with Gasteiger partial charge in [-0.2, -0.15) is 4.98 Å². The third-order valence-corrected chi connectivity index (χ3v) is 4.39. The lowest BCUT2D eigenvalue weighted by atomic mass is 10.1. The van der Waals surface area contributed by atoms with Crippen molar-refractivity contribution in [2.45, 2.75) is 6.92 Å². The average molecular weight is 404 g/mol. The molecule has 0 atom stereocenters. The van der Waals surface area contributed by atoms with Crippen molar-refractivity contribution in [2.75, 3.05) is 16.4 Å². The minimum atomic E-state index is 0.258. The number of nitrogens with two attached hydrogens (primary N) is 1. The van der Waals surface area contributed by atoms with Gasteiger partial charge in [0.15, 0.2) is 0 Å². The van der Waals surface area contributed by atoms with Gasteiger partial charge in [0.1, 0.15) is 5.82 Å². The van der Waals surface area contributed by atoms with Crippen molar-refractivity contribution in [3.05, 3.63) is 77.6 Å². The van der Waals surface area contributed by atoms with E-state index in [0.29, 0.717) is 16.8 Å². The zero-order valence-electron chi connectivity index (χ0n) is 15.6. The number of nitrogen functional groups attached to an aromatic ring is 1. The molecule has 0 unspecified atom stereocenters. The summed E-state index contributed by atoms with van der Waals surface area (Å²) in [5.41, 5.74) is 10.2. The van der Waals surface area contributed by atoms with E-state index in [2.05, 4.69) is 30.6 Å². The second-order valence-corrected chi connectivity index (χ2v) is 6.80. The molecule has 2 heterocycles. The number of halogens is 1. The van der Waals surface area contributed by atoms with Crippen LogP contribution in [0.2, 0.25) is 5.02 Å². The highest BCUT2D eigenvalue weighted by molar-refractivity contribution is 6.30. The first-order chi connectivity index (χ1) is 14.1. The van der Waals surface area contributed by atoms with E-state index in [1.54, 1.807) is 18.5 Å². The quantitative estimate of drug-likeness (QED) is 0.432. The largest absolute Gasteiger partial charge is 0.368 e. The second kappa shape index (κ2) is 8.12. The minimum Gasteiger partial charge on any atom is -0.368 e. The van der Waals surface area contributed by atoms with Crippen LogP contribution < -0.4 is 16.4 Å². The summed E-state index contributed by atoms with van der Waals surface area (Å²) in [5, 5.41) is 7.06. The molecule has 4 rings (SSSR count). The first-order valence-electron chi connectivity index (χ1n) is 8.89. The minimum absolute atomic E-state index is 0.258. The second-order valence-electron chi connectivity index (χ2n) is 6.36. The van der Waals surface area contributed by atoms with Crippen molar-refractivity contribution in [2.24, 2.45) is 0 Å². The van der Waals surface area contributed by atoms with E-state index in [0.717, 1.165) is 28.2 Å². The van der Waals surface area contributed by atoms with Crippen LogP contribution in [0.3, 0.4) is 0 Å². The molecular formula is C21H18ClN7. The molecule has 144 valence electrons. The Bertz CT molecular complexity index is 1150. The van der Waals surface area contributed by atoms with E-state index < -0.39 is 0 Å². The zero-order valence-corrected chi connectivity index (χ0v) is 16.4. The van der Waals surface area contributed by atoms with Crippen molar-refractivity contribution in [1.29, 1.82) is 0 Å². The smallest absolute Gasteiger partial charge is 0.229 e. The Morgan fingerprint density at radius 1 is 0.897 bits per heavy atom. The maximum Gasteiger partial charge on any atom is 0.229 e. The van der Waals surface area contributed by atoms with Gasteiger partial charge in [-0.25, -0.2) is 15.0 Å². The molecule has 4 aromatic rings. The molecule has 0 fully saturated rings. The normalized spacial score (nSPS) is 10.6. The van der Waals surface area contributed by atoms with Crippen LogP contribution in [-0.2, 0) is 0 Å². The van der Waals surface area contributed by atoms with Crippen LogP contribution in [0, 0.1) is 6.92 Å². The van der Waals surface area contributed by atoms with Gasteiger partial charge in [-0.15, -0.1) is 0 Å². The fourth-order valence-electron chi connectivity index (χ4n) is 2.79. The highest BCUT2D eigenvalue weighted by Crippen LogP contribution is 2.25. The molecule has 0 aliphatic rings. The Labute approximate surface area is 173 Å². The Balaban J connectivity index is 1.50. The first-order valence-corrected chi connectivity index (χ1v) is 9.27. The van der Waals surface area contributed by atoms with E-state index >= 15 is 0 Å². The molecule has 0 bridgehead atoms. The molecule has 2 aromatic heterocycles. The summed E-state index contributed by atoms with van der Waals surface area (Å²) in [6.07, 6.45) is 3.41. The number of nitrogens with one attached hydrogen (secondary N) is 2. The lowest BCUT2D eigenvalue weighted by molar-refractivity contribution is 1.15. The first kappa shape index (κ1) is 18.6. The number of nitrogens with zero attached hydrogens (tertiary/aromatic N) is 4. The van der Waals surface area contributed by atoms with Gasteiger partial charge >= 0.3 is 0 Å². The van der Waals surface area contributed by atoms with E-state index in [1.807, 2.05) is 55.5 Å². The van der Waals surface area contributed by atoms with Crippen molar-refractivity contribution < 1.29 is 0 Å². The molecule has 0 saturated heterocycles. The summed E-state index contributed by atoms with van der Waals surface area (Å²) in [5.74, 6) is 1.40. The SMILES string of the molecule is Cc1cnc(N)nc1-c1ccc(Nc2ccnc(Nc3cccc(Cl)c3)n2)cc1. The maximum atomic E-state index is 6.02. The van der Waals surface area contributed by atoms with Crippen LogP contribution >= 0.6 is 11.6 Å². The topological polar surface area (TPSA) is 102 Å². The summed E-state index contributed by atoms with van der Waals surface area (Å²) in [4.78, 5) is 17.1. The summed E-state index contributed by atoms with van der Waals surface area (Å²) in [7, 11) is 0. The van der Waals surface area contributed by atoms with Crippen molar-refractivity contribution in [3.63, 3.8) is 0 Å². The maximum absolute atomic E-state index is 6.02. The number of rotatable bonds is 5. The third kappa shape index (κ3) is 4.59. The summed E-state index contributed by atoms with van der Waals surface area (Å²) in [6.45, 7) is 1.95. The number of benzene rings is 2. The Morgan fingerprint density at radius 2 is 1.72 bits per heavy atom. The summed E-state index contributed by atoms with van der Waals surface area (Å²) in [6, 6.07) is 17.0. The molecule has 2 aromatic carbocycles. The summed E-state index contributed by atoms with van der Waals surface area (Å²) >= 11 is 6.02. The van der Waals surface area contributed by atoms with Crippen LogP contribution in [-0.4, -0.2) is 19.9 Å². The monoisotopic (exact) mass is 403 g/mol. The number of aromatic nitrogens is 4.